The van der Waals surface area contributed by atoms with Crippen molar-refractivity contribution in [1.29, 1.82) is 0 Å². The molecule has 0 radical (unpaired) electrons. The van der Waals surface area contributed by atoms with E-state index in [-0.39, 0.29) is 12.6 Å². The average molecular weight is 264 g/mol. The van der Waals surface area contributed by atoms with E-state index in [4.69, 9.17) is 10.5 Å². The molecule has 0 amide bonds. The molecule has 106 valence electrons. The first-order valence-electron chi connectivity index (χ1n) is 6.99. The number of aliphatic hydroxyl groups excluding tert-OH is 1. The Labute approximate surface area is 115 Å². The van der Waals surface area contributed by atoms with Gasteiger partial charge in [0.25, 0.3) is 0 Å². The first-order valence-corrected chi connectivity index (χ1v) is 6.99. The molecule has 1 aromatic rings. The van der Waals surface area contributed by atoms with Crippen LogP contribution in [0.15, 0.2) is 18.2 Å². The molecule has 0 bridgehead atoms. The van der Waals surface area contributed by atoms with Crippen LogP contribution in [-0.4, -0.2) is 31.4 Å². The number of hydrogen-bond acceptors (Lipinski definition) is 4. The Morgan fingerprint density at radius 3 is 2.68 bits per heavy atom. The van der Waals surface area contributed by atoms with Crippen LogP contribution in [0, 0.1) is 0 Å². The number of nitrogens with two attached hydrogens (primary N) is 1. The van der Waals surface area contributed by atoms with Crippen LogP contribution in [0.1, 0.15) is 37.8 Å². The number of aliphatic hydroxyl groups is 1. The predicted molar refractivity (Wildman–Crippen MR) is 77.7 cm³/mol. The minimum Gasteiger partial charge on any atom is -0.496 e. The van der Waals surface area contributed by atoms with E-state index >= 15 is 0 Å². The number of methoxy groups -OCH3 is 1. The van der Waals surface area contributed by atoms with Crippen LogP contribution in [-0.2, 0) is 0 Å². The third-order valence-corrected chi connectivity index (χ3v) is 3.88. The Balaban J connectivity index is 2.39. The molecule has 3 N–H and O–H groups in total. The number of benzene rings is 1. The molecule has 1 fully saturated rings. The van der Waals surface area contributed by atoms with Gasteiger partial charge in [0.2, 0.25) is 0 Å². The summed E-state index contributed by atoms with van der Waals surface area (Å²) in [6.45, 7) is 2.78. The van der Waals surface area contributed by atoms with Gasteiger partial charge in [0.15, 0.2) is 0 Å². The minimum atomic E-state index is -0.0904. The maximum Gasteiger partial charge on any atom is 0.125 e. The highest BCUT2D eigenvalue weighted by molar-refractivity contribution is 5.61. The van der Waals surface area contributed by atoms with Gasteiger partial charge in [0, 0.05) is 29.9 Å². The van der Waals surface area contributed by atoms with E-state index in [1.165, 1.54) is 19.3 Å². The van der Waals surface area contributed by atoms with Crippen molar-refractivity contribution in [2.45, 2.75) is 38.3 Å². The highest BCUT2D eigenvalue weighted by Gasteiger charge is 2.27. The van der Waals surface area contributed by atoms with Gasteiger partial charge in [-0.2, -0.15) is 0 Å². The second kappa shape index (κ2) is 6.26. The molecule has 0 unspecified atom stereocenters. The van der Waals surface area contributed by atoms with Crippen LogP contribution in [0.4, 0.5) is 5.69 Å². The number of ether oxygens (including phenoxy) is 1. The second-order valence-electron chi connectivity index (χ2n) is 5.18. The van der Waals surface area contributed by atoms with E-state index in [2.05, 4.69) is 11.0 Å². The van der Waals surface area contributed by atoms with Gasteiger partial charge in [-0.05, 0) is 38.3 Å². The van der Waals surface area contributed by atoms with Crippen molar-refractivity contribution in [1.82, 2.24) is 0 Å². The van der Waals surface area contributed by atoms with Crippen molar-refractivity contribution < 1.29 is 9.84 Å². The van der Waals surface area contributed by atoms with Gasteiger partial charge in [-0.15, -0.1) is 0 Å². The van der Waals surface area contributed by atoms with Gasteiger partial charge in [0.05, 0.1) is 13.7 Å². The van der Waals surface area contributed by atoms with Gasteiger partial charge in [-0.1, -0.05) is 6.07 Å². The molecule has 19 heavy (non-hydrogen) atoms. The molecule has 0 saturated heterocycles. The summed E-state index contributed by atoms with van der Waals surface area (Å²) in [6, 6.07) is 6.45. The fourth-order valence-corrected chi connectivity index (χ4v) is 2.72. The number of rotatable bonds is 6. The molecule has 1 aliphatic rings. The Morgan fingerprint density at radius 1 is 1.47 bits per heavy atom. The Bertz CT molecular complexity index is 417. The minimum absolute atomic E-state index is 0.0904. The molecule has 1 aromatic carbocycles. The molecule has 4 nitrogen and oxygen atoms in total. The summed E-state index contributed by atoms with van der Waals surface area (Å²) in [5.41, 5.74) is 8.25. The Hall–Kier alpha value is -1.26. The molecule has 1 atom stereocenters. The molecule has 2 rings (SSSR count). The van der Waals surface area contributed by atoms with Crippen molar-refractivity contribution >= 4 is 5.69 Å². The molecule has 0 aliphatic heterocycles. The second-order valence-corrected chi connectivity index (χ2v) is 5.18. The van der Waals surface area contributed by atoms with Crippen molar-refractivity contribution in [3.05, 3.63) is 23.8 Å². The summed E-state index contributed by atoms with van der Waals surface area (Å²) >= 11 is 0. The lowest BCUT2D eigenvalue weighted by molar-refractivity contribution is 0.283. The van der Waals surface area contributed by atoms with E-state index in [1.54, 1.807) is 7.11 Å². The maximum absolute atomic E-state index is 9.32. The van der Waals surface area contributed by atoms with Crippen LogP contribution >= 0.6 is 0 Å². The topological polar surface area (TPSA) is 58.7 Å². The van der Waals surface area contributed by atoms with Gasteiger partial charge in [-0.3, -0.25) is 0 Å². The number of hydrogen-bond donors (Lipinski definition) is 2. The summed E-state index contributed by atoms with van der Waals surface area (Å²) in [5, 5.41) is 9.32. The fraction of sp³-hybridized carbons (Fsp3) is 0.600. The summed E-state index contributed by atoms with van der Waals surface area (Å²) in [6.07, 6.45) is 3.65. The molecule has 1 aliphatic carbocycles. The summed E-state index contributed by atoms with van der Waals surface area (Å²) in [5.74, 6) is 0.828. The van der Waals surface area contributed by atoms with Crippen molar-refractivity contribution in [3.8, 4) is 5.75 Å². The van der Waals surface area contributed by atoms with Crippen LogP contribution in [0.25, 0.3) is 0 Å². The largest absolute Gasteiger partial charge is 0.496 e. The van der Waals surface area contributed by atoms with Crippen molar-refractivity contribution in [2.75, 3.05) is 25.2 Å². The molecule has 4 heteroatoms. The Kier molecular flexibility index (Phi) is 4.66. The third kappa shape index (κ3) is 2.85. The van der Waals surface area contributed by atoms with Crippen LogP contribution in [0.5, 0.6) is 5.75 Å². The van der Waals surface area contributed by atoms with Gasteiger partial charge >= 0.3 is 0 Å². The number of anilines is 1. The van der Waals surface area contributed by atoms with E-state index < -0.39 is 0 Å². The molecular weight excluding hydrogens is 240 g/mol. The third-order valence-electron chi connectivity index (χ3n) is 3.88. The Morgan fingerprint density at radius 2 is 2.21 bits per heavy atom. The molecular formula is C15H24N2O2. The van der Waals surface area contributed by atoms with E-state index in [1.807, 2.05) is 19.1 Å². The lowest BCUT2D eigenvalue weighted by Crippen LogP contribution is -2.42. The molecule has 1 saturated carbocycles. The van der Waals surface area contributed by atoms with E-state index in [9.17, 15) is 5.11 Å². The predicted octanol–water partition coefficient (Wildman–Crippen LogP) is 2.07. The first-order chi connectivity index (χ1) is 9.19. The van der Waals surface area contributed by atoms with Crippen molar-refractivity contribution in [3.63, 3.8) is 0 Å². The lowest BCUT2D eigenvalue weighted by atomic mass is 9.90. The zero-order chi connectivity index (χ0) is 13.8. The zero-order valence-electron chi connectivity index (χ0n) is 11.8. The van der Waals surface area contributed by atoms with E-state index in [0.29, 0.717) is 12.6 Å². The average Bonchev–Trinajstić information content (AvgIpc) is 2.35. The molecule has 0 spiro atoms. The monoisotopic (exact) mass is 264 g/mol. The summed E-state index contributed by atoms with van der Waals surface area (Å²) in [4.78, 5) is 2.28. The lowest BCUT2D eigenvalue weighted by Gasteiger charge is -2.40. The zero-order valence-corrected chi connectivity index (χ0v) is 11.8. The van der Waals surface area contributed by atoms with Gasteiger partial charge in [-0.25, -0.2) is 0 Å². The van der Waals surface area contributed by atoms with Crippen molar-refractivity contribution in [2.24, 2.45) is 5.73 Å². The standard InChI is InChI=1S/C15H24N2O2/c1-11(16)15-13(7-4-8-14(15)19-2)17(9-10-18)12-5-3-6-12/h4,7-8,11-12,18H,3,5-6,9-10,16H2,1-2H3/t11-/m1/s1. The number of nitrogens with zero attached hydrogens (tertiary/aromatic N) is 1. The van der Waals surface area contributed by atoms with Crippen LogP contribution in [0.3, 0.4) is 0 Å². The van der Waals surface area contributed by atoms with E-state index in [0.717, 1.165) is 17.0 Å². The summed E-state index contributed by atoms with van der Waals surface area (Å²) in [7, 11) is 1.67. The van der Waals surface area contributed by atoms with Crippen LogP contribution < -0.4 is 15.4 Å². The molecule has 0 heterocycles. The summed E-state index contributed by atoms with van der Waals surface area (Å²) < 4.78 is 5.44. The first kappa shape index (κ1) is 14.2. The highest BCUT2D eigenvalue weighted by Crippen LogP contribution is 2.37. The van der Waals surface area contributed by atoms with Gasteiger partial charge in [0.1, 0.15) is 5.75 Å². The smallest absolute Gasteiger partial charge is 0.125 e. The quantitative estimate of drug-likeness (QED) is 0.826. The highest BCUT2D eigenvalue weighted by atomic mass is 16.5. The maximum atomic E-state index is 9.32. The van der Waals surface area contributed by atoms with Crippen LogP contribution in [0.2, 0.25) is 0 Å². The molecule has 0 aromatic heterocycles. The van der Waals surface area contributed by atoms with Gasteiger partial charge < -0.3 is 20.5 Å². The normalized spacial score (nSPS) is 16.8. The fourth-order valence-electron chi connectivity index (χ4n) is 2.72. The SMILES string of the molecule is COc1cccc(N(CCO)C2CCC2)c1[C@@H](C)N.